The molecule has 0 unspecified atom stereocenters. The molecule has 0 aliphatic carbocycles. The van der Waals surface area contributed by atoms with Crippen LogP contribution in [0.4, 0.5) is 4.39 Å². The van der Waals surface area contributed by atoms with E-state index in [1.165, 1.54) is 12.1 Å². The number of rotatable bonds is 1. The van der Waals surface area contributed by atoms with Gasteiger partial charge in [-0.05, 0) is 40.0 Å². The molecule has 3 nitrogen and oxygen atoms in total. The van der Waals surface area contributed by atoms with E-state index in [4.69, 9.17) is 0 Å². The van der Waals surface area contributed by atoms with E-state index < -0.39 is 0 Å². The third-order valence-electron chi connectivity index (χ3n) is 2.73. The first kappa shape index (κ1) is 10.7. The number of aryl methyl sites for hydroxylation is 1. The number of allylic oxidation sites excluding steroid dienone is 1. The molecule has 1 aliphatic heterocycles. The van der Waals surface area contributed by atoms with Crippen molar-refractivity contribution in [3.63, 3.8) is 0 Å². The molecule has 2 aromatic rings. The van der Waals surface area contributed by atoms with Crippen LogP contribution in [0.1, 0.15) is 17.8 Å². The number of hydrogen-bond donors (Lipinski definition) is 0. The van der Waals surface area contributed by atoms with Gasteiger partial charge < -0.3 is 0 Å². The van der Waals surface area contributed by atoms with E-state index in [1.54, 1.807) is 12.1 Å². The van der Waals surface area contributed by atoms with Gasteiger partial charge in [0, 0.05) is 12.1 Å². The Labute approximate surface area is 106 Å². The molecular weight excluding hydrogens is 285 g/mol. The molecule has 0 radical (unpaired) electrons. The zero-order chi connectivity index (χ0) is 11.8. The molecule has 0 fully saturated rings. The molecule has 1 aromatic heterocycles. The minimum atomic E-state index is -0.229. The molecule has 1 aliphatic rings. The van der Waals surface area contributed by atoms with E-state index in [0.29, 0.717) is 4.73 Å². The molecule has 0 bridgehead atoms. The second-order valence-corrected chi connectivity index (χ2v) is 4.55. The molecule has 2 heterocycles. The van der Waals surface area contributed by atoms with Crippen molar-refractivity contribution in [1.82, 2.24) is 14.8 Å². The van der Waals surface area contributed by atoms with Crippen LogP contribution >= 0.6 is 15.9 Å². The average molecular weight is 294 g/mol. The lowest BCUT2D eigenvalue weighted by molar-refractivity contribution is 0.600. The van der Waals surface area contributed by atoms with Gasteiger partial charge in [0.25, 0.3) is 0 Å². The van der Waals surface area contributed by atoms with Gasteiger partial charge in [-0.1, -0.05) is 18.2 Å². The second kappa shape index (κ2) is 4.07. The van der Waals surface area contributed by atoms with Gasteiger partial charge in [-0.15, -0.1) is 5.10 Å². The zero-order valence-corrected chi connectivity index (χ0v) is 10.5. The molecule has 1 aromatic carbocycles. The third-order valence-corrected chi connectivity index (χ3v) is 3.07. The number of benzene rings is 1. The van der Waals surface area contributed by atoms with Crippen molar-refractivity contribution in [3.8, 4) is 0 Å². The van der Waals surface area contributed by atoms with Gasteiger partial charge in [0.1, 0.15) is 5.82 Å². The number of halogens is 2. The van der Waals surface area contributed by atoms with Crippen molar-refractivity contribution in [2.75, 3.05) is 0 Å². The monoisotopic (exact) mass is 293 g/mol. The summed E-state index contributed by atoms with van der Waals surface area (Å²) in [5.74, 6) is 0.600. The Hall–Kier alpha value is -1.49. The number of fused-ring (bicyclic) bond motifs is 1. The summed E-state index contributed by atoms with van der Waals surface area (Å²) in [4.78, 5) is 4.34. The van der Waals surface area contributed by atoms with E-state index in [9.17, 15) is 4.39 Å². The van der Waals surface area contributed by atoms with Gasteiger partial charge in [-0.2, -0.15) is 0 Å². The minimum Gasteiger partial charge on any atom is -0.244 e. The highest BCUT2D eigenvalue weighted by Gasteiger charge is 2.17. The van der Waals surface area contributed by atoms with Gasteiger partial charge in [0.15, 0.2) is 5.82 Å². The second-order valence-electron chi connectivity index (χ2n) is 3.84. The molecule has 5 heteroatoms. The van der Waals surface area contributed by atoms with E-state index in [1.807, 2.05) is 4.68 Å². The fraction of sp³-hybridized carbons (Fsp3) is 0.167. The first-order chi connectivity index (χ1) is 8.24. The van der Waals surface area contributed by atoms with Crippen LogP contribution in [0, 0.1) is 5.82 Å². The van der Waals surface area contributed by atoms with Crippen LogP contribution in [0.15, 0.2) is 35.1 Å². The van der Waals surface area contributed by atoms with E-state index in [2.05, 4.69) is 32.1 Å². The van der Waals surface area contributed by atoms with Gasteiger partial charge in [0.2, 0.25) is 4.73 Å². The minimum absolute atomic E-state index is 0.229. The van der Waals surface area contributed by atoms with E-state index in [-0.39, 0.29) is 5.82 Å². The predicted molar refractivity (Wildman–Crippen MR) is 65.8 cm³/mol. The maximum atomic E-state index is 12.9. The smallest absolute Gasteiger partial charge is 0.217 e. The normalized spacial score (nSPS) is 14.4. The van der Waals surface area contributed by atoms with Crippen molar-refractivity contribution in [1.29, 1.82) is 0 Å². The van der Waals surface area contributed by atoms with Crippen molar-refractivity contribution < 1.29 is 4.39 Å². The van der Waals surface area contributed by atoms with Gasteiger partial charge in [0.05, 0.1) is 0 Å². The molecule has 3 rings (SSSR count). The van der Waals surface area contributed by atoms with Crippen LogP contribution in [0.2, 0.25) is 0 Å². The SMILES string of the molecule is Fc1ccc(C2=CCCn3nc(Br)nc32)cc1. The van der Waals surface area contributed by atoms with E-state index in [0.717, 1.165) is 29.9 Å². The number of aromatic nitrogens is 3. The van der Waals surface area contributed by atoms with Gasteiger partial charge >= 0.3 is 0 Å². The highest BCUT2D eigenvalue weighted by Crippen LogP contribution is 2.27. The summed E-state index contributed by atoms with van der Waals surface area (Å²) < 4.78 is 15.3. The predicted octanol–water partition coefficient (Wildman–Crippen LogP) is 3.02. The fourth-order valence-electron chi connectivity index (χ4n) is 1.97. The Morgan fingerprint density at radius 1 is 1.24 bits per heavy atom. The van der Waals surface area contributed by atoms with Crippen LogP contribution in [-0.2, 0) is 6.54 Å². The van der Waals surface area contributed by atoms with Crippen LogP contribution in [0.3, 0.4) is 0 Å². The molecule has 0 atom stereocenters. The summed E-state index contributed by atoms with van der Waals surface area (Å²) in [7, 11) is 0. The van der Waals surface area contributed by atoms with Crippen molar-refractivity contribution in [2.24, 2.45) is 0 Å². The molecule has 0 saturated heterocycles. The Bertz CT molecular complexity index is 586. The zero-order valence-electron chi connectivity index (χ0n) is 8.90. The topological polar surface area (TPSA) is 30.7 Å². The molecule has 0 saturated carbocycles. The molecule has 0 N–H and O–H groups in total. The van der Waals surface area contributed by atoms with E-state index >= 15 is 0 Å². The lowest BCUT2D eigenvalue weighted by Crippen LogP contribution is -2.10. The first-order valence-corrected chi connectivity index (χ1v) is 6.10. The Morgan fingerprint density at radius 3 is 2.76 bits per heavy atom. The maximum absolute atomic E-state index is 12.9. The highest BCUT2D eigenvalue weighted by molar-refractivity contribution is 9.10. The summed E-state index contributed by atoms with van der Waals surface area (Å²) >= 11 is 3.27. The Balaban J connectivity index is 2.09. The van der Waals surface area contributed by atoms with Crippen molar-refractivity contribution in [3.05, 3.63) is 52.3 Å². The summed E-state index contributed by atoms with van der Waals surface area (Å²) in [6.07, 6.45) is 3.03. The Morgan fingerprint density at radius 2 is 2.00 bits per heavy atom. The summed E-state index contributed by atoms with van der Waals surface area (Å²) in [6.45, 7) is 0.832. The summed E-state index contributed by atoms with van der Waals surface area (Å²) in [5, 5.41) is 4.25. The van der Waals surface area contributed by atoms with Crippen molar-refractivity contribution in [2.45, 2.75) is 13.0 Å². The van der Waals surface area contributed by atoms with Gasteiger partial charge in [-0.3, -0.25) is 0 Å². The van der Waals surface area contributed by atoms with Crippen LogP contribution in [0.25, 0.3) is 5.57 Å². The maximum Gasteiger partial charge on any atom is 0.217 e. The average Bonchev–Trinajstić information content (AvgIpc) is 2.70. The fourth-order valence-corrected chi connectivity index (χ4v) is 2.33. The van der Waals surface area contributed by atoms with Crippen LogP contribution in [0.5, 0.6) is 0 Å². The van der Waals surface area contributed by atoms with Crippen LogP contribution in [-0.4, -0.2) is 14.8 Å². The molecule has 17 heavy (non-hydrogen) atoms. The molecular formula is C12H9BrFN3. The number of hydrogen-bond acceptors (Lipinski definition) is 2. The number of nitrogens with zero attached hydrogens (tertiary/aromatic N) is 3. The third kappa shape index (κ3) is 1.91. The summed E-state index contributed by atoms with van der Waals surface area (Å²) in [5.41, 5.74) is 1.97. The van der Waals surface area contributed by atoms with Gasteiger partial charge in [-0.25, -0.2) is 14.1 Å². The highest BCUT2D eigenvalue weighted by atomic mass is 79.9. The lowest BCUT2D eigenvalue weighted by Gasteiger charge is -2.13. The standard InChI is InChI=1S/C12H9BrFN3/c13-12-15-11-10(2-1-7-17(11)16-12)8-3-5-9(14)6-4-8/h2-6H,1,7H2. The molecule has 0 spiro atoms. The summed E-state index contributed by atoms with van der Waals surface area (Å²) in [6, 6.07) is 6.44. The lowest BCUT2D eigenvalue weighted by atomic mass is 10.0. The molecule has 0 amide bonds. The quantitative estimate of drug-likeness (QED) is 0.809. The van der Waals surface area contributed by atoms with Crippen LogP contribution < -0.4 is 0 Å². The first-order valence-electron chi connectivity index (χ1n) is 5.31. The van der Waals surface area contributed by atoms with Crippen molar-refractivity contribution >= 4 is 21.5 Å². The molecule has 86 valence electrons. The largest absolute Gasteiger partial charge is 0.244 e. The Kier molecular flexibility index (Phi) is 2.55.